The van der Waals surface area contributed by atoms with E-state index in [0.29, 0.717) is 17.3 Å². The Morgan fingerprint density at radius 2 is 1.66 bits per heavy atom. The van der Waals surface area contributed by atoms with E-state index in [4.69, 9.17) is 9.47 Å². The summed E-state index contributed by atoms with van der Waals surface area (Å²) in [5.41, 5.74) is 1.67. The van der Waals surface area contributed by atoms with Gasteiger partial charge in [0.25, 0.3) is 0 Å². The Bertz CT molecular complexity index is 830. The van der Waals surface area contributed by atoms with Gasteiger partial charge in [-0.3, -0.25) is 9.59 Å². The number of hydrogen-bond acceptors (Lipinski definition) is 4. The normalized spacial score (nSPS) is 41.3. The molecule has 0 spiro atoms. The fourth-order valence-corrected chi connectivity index (χ4v) is 9.36. The van der Waals surface area contributed by atoms with Crippen LogP contribution in [0.2, 0.25) is 0 Å². The van der Waals surface area contributed by atoms with Crippen LogP contribution in [0.15, 0.2) is 11.6 Å². The van der Waals surface area contributed by atoms with E-state index in [1.165, 1.54) is 64.4 Å². The average Bonchev–Trinajstić information content (AvgIpc) is 3.11. The molecule has 0 aromatic rings. The van der Waals surface area contributed by atoms with Gasteiger partial charge in [-0.2, -0.15) is 0 Å². The zero-order valence-corrected chi connectivity index (χ0v) is 23.4. The maximum absolute atomic E-state index is 12.2. The number of fused-ring (bicyclic) bond motifs is 5. The summed E-state index contributed by atoms with van der Waals surface area (Å²) in [6.07, 6.45) is 13.9. The molecule has 4 aliphatic rings. The quantitative estimate of drug-likeness (QED) is 0.276. The predicted octanol–water partition coefficient (Wildman–Crippen LogP) is 7.50. The van der Waals surface area contributed by atoms with E-state index in [1.54, 1.807) is 0 Å². The third kappa shape index (κ3) is 5.10. The highest BCUT2D eigenvalue weighted by molar-refractivity contribution is 5.67. The highest BCUT2D eigenvalue weighted by Gasteiger charge is 2.61. The maximum atomic E-state index is 12.2. The van der Waals surface area contributed by atoms with Gasteiger partial charge in [-0.15, -0.1) is 0 Å². The highest BCUT2D eigenvalue weighted by atomic mass is 16.5. The molecule has 4 nitrogen and oxygen atoms in total. The lowest BCUT2D eigenvalue weighted by Crippen LogP contribution is -2.55. The fourth-order valence-electron chi connectivity index (χ4n) is 9.36. The van der Waals surface area contributed by atoms with Crippen molar-refractivity contribution in [1.82, 2.24) is 0 Å². The minimum absolute atomic E-state index is 0.0297. The molecule has 0 bridgehead atoms. The van der Waals surface area contributed by atoms with E-state index in [2.05, 4.69) is 40.7 Å². The Kier molecular flexibility index (Phi) is 7.80. The molecule has 3 fully saturated rings. The summed E-state index contributed by atoms with van der Waals surface area (Å²) >= 11 is 0. The van der Waals surface area contributed by atoms with Gasteiger partial charge in [0.1, 0.15) is 12.2 Å². The molecule has 0 amide bonds. The van der Waals surface area contributed by atoms with Crippen molar-refractivity contribution in [3.8, 4) is 0 Å². The van der Waals surface area contributed by atoms with Gasteiger partial charge >= 0.3 is 11.9 Å². The molecule has 198 valence electrons. The van der Waals surface area contributed by atoms with Gasteiger partial charge in [-0.05, 0) is 103 Å². The van der Waals surface area contributed by atoms with E-state index in [1.807, 2.05) is 0 Å². The van der Waals surface area contributed by atoms with E-state index >= 15 is 0 Å². The molecule has 0 radical (unpaired) electrons. The highest BCUT2D eigenvalue weighted by Crippen LogP contribution is 2.68. The van der Waals surface area contributed by atoms with Crippen molar-refractivity contribution >= 4 is 11.9 Å². The van der Waals surface area contributed by atoms with E-state index in [-0.39, 0.29) is 29.6 Å². The summed E-state index contributed by atoms with van der Waals surface area (Å²) in [4.78, 5) is 23.8. The first kappa shape index (κ1) is 26.7. The van der Waals surface area contributed by atoms with Crippen LogP contribution >= 0.6 is 0 Å². The van der Waals surface area contributed by atoms with E-state index in [9.17, 15) is 9.59 Å². The van der Waals surface area contributed by atoms with Crippen LogP contribution in [-0.2, 0) is 19.1 Å². The summed E-state index contributed by atoms with van der Waals surface area (Å²) in [6, 6.07) is 0. The Balaban J connectivity index is 1.58. The third-order valence-electron chi connectivity index (χ3n) is 10.9. The Hall–Kier alpha value is -1.32. The molecule has 3 saturated carbocycles. The lowest BCUT2D eigenvalue weighted by molar-refractivity contribution is -0.155. The van der Waals surface area contributed by atoms with Crippen LogP contribution in [0.25, 0.3) is 0 Å². The van der Waals surface area contributed by atoms with Gasteiger partial charge in [0, 0.05) is 13.8 Å². The van der Waals surface area contributed by atoms with Crippen molar-refractivity contribution in [3.05, 3.63) is 11.6 Å². The van der Waals surface area contributed by atoms with Crippen LogP contribution in [0.1, 0.15) is 113 Å². The minimum Gasteiger partial charge on any atom is -0.458 e. The number of carbonyl (C=O) groups is 2. The first-order valence-corrected chi connectivity index (χ1v) is 14.5. The maximum Gasteiger partial charge on any atom is 0.303 e. The lowest BCUT2D eigenvalue weighted by Gasteiger charge is -2.60. The largest absolute Gasteiger partial charge is 0.458 e. The summed E-state index contributed by atoms with van der Waals surface area (Å²) in [5, 5.41) is 0. The van der Waals surface area contributed by atoms with Gasteiger partial charge in [-0.25, -0.2) is 0 Å². The van der Waals surface area contributed by atoms with Crippen molar-refractivity contribution in [2.75, 3.05) is 0 Å². The van der Waals surface area contributed by atoms with Gasteiger partial charge in [0.05, 0.1) is 0 Å². The van der Waals surface area contributed by atoms with Gasteiger partial charge < -0.3 is 9.47 Å². The van der Waals surface area contributed by atoms with E-state index in [0.717, 1.165) is 42.9 Å². The standard InChI is InChI=1S/C31H50O4/c1-19(2)9-8-10-20(3)25-11-12-26-24-18-29(35-22(5)33)28-17-23(34-21(4)32)13-15-31(28,7)27(24)14-16-30(25,26)6/h17,19-20,23-27,29H,8-16,18H2,1-7H3/t20-,23-,24-,25-,26+,27-,29-,30-,31-/m1/s1. The SMILES string of the molecule is CC(=O)O[C@H]1C=C2[C@H](OC(C)=O)C[C@H]3[C@@H](CC[C@]4(C)[C@@H]([C@H](C)CCCC(C)C)CC[C@@H]34)[C@@]2(C)CC1. The first-order valence-electron chi connectivity index (χ1n) is 14.5. The lowest BCUT2D eigenvalue weighted by atomic mass is 9.46. The third-order valence-corrected chi connectivity index (χ3v) is 10.9. The molecular formula is C31H50O4. The second-order valence-corrected chi connectivity index (χ2v) is 13.5. The zero-order valence-electron chi connectivity index (χ0n) is 23.4. The summed E-state index contributed by atoms with van der Waals surface area (Å²) in [5.74, 6) is 3.93. The summed E-state index contributed by atoms with van der Waals surface area (Å²) in [6.45, 7) is 15.2. The number of hydrogen-bond donors (Lipinski definition) is 0. The molecular weight excluding hydrogens is 436 g/mol. The van der Waals surface area contributed by atoms with Crippen LogP contribution in [0.4, 0.5) is 0 Å². The minimum atomic E-state index is -0.235. The van der Waals surface area contributed by atoms with Crippen molar-refractivity contribution < 1.29 is 19.1 Å². The molecule has 4 aliphatic carbocycles. The molecule has 0 unspecified atom stereocenters. The molecule has 4 rings (SSSR count). The molecule has 0 aromatic carbocycles. The topological polar surface area (TPSA) is 52.6 Å². The van der Waals surface area contributed by atoms with Crippen LogP contribution in [-0.4, -0.2) is 24.1 Å². The summed E-state index contributed by atoms with van der Waals surface area (Å²) in [7, 11) is 0. The van der Waals surface area contributed by atoms with E-state index < -0.39 is 0 Å². The molecule has 0 aromatic heterocycles. The predicted molar refractivity (Wildman–Crippen MR) is 140 cm³/mol. The van der Waals surface area contributed by atoms with Crippen LogP contribution < -0.4 is 0 Å². The van der Waals surface area contributed by atoms with Crippen molar-refractivity contribution in [3.63, 3.8) is 0 Å². The number of rotatable bonds is 7. The van der Waals surface area contributed by atoms with Crippen molar-refractivity contribution in [2.24, 2.45) is 46.3 Å². The second kappa shape index (κ2) is 10.2. The first-order chi connectivity index (χ1) is 16.5. The molecule has 9 atom stereocenters. The zero-order chi connectivity index (χ0) is 25.5. The van der Waals surface area contributed by atoms with Gasteiger partial charge in [0.15, 0.2) is 0 Å². The molecule has 0 N–H and O–H groups in total. The van der Waals surface area contributed by atoms with Crippen LogP contribution in [0.5, 0.6) is 0 Å². The molecule has 0 saturated heterocycles. The molecule has 4 heteroatoms. The monoisotopic (exact) mass is 486 g/mol. The summed E-state index contributed by atoms with van der Waals surface area (Å²) < 4.78 is 11.6. The Morgan fingerprint density at radius 1 is 0.943 bits per heavy atom. The van der Waals surface area contributed by atoms with Crippen LogP contribution in [0.3, 0.4) is 0 Å². The Labute approximate surface area is 214 Å². The average molecular weight is 487 g/mol. The Morgan fingerprint density at radius 3 is 2.31 bits per heavy atom. The molecule has 35 heavy (non-hydrogen) atoms. The van der Waals surface area contributed by atoms with Crippen molar-refractivity contribution in [2.45, 2.75) is 125 Å². The number of carbonyl (C=O) groups excluding carboxylic acids is 2. The fraction of sp³-hybridized carbons (Fsp3) is 0.871. The van der Waals surface area contributed by atoms with Crippen molar-refractivity contribution in [1.29, 1.82) is 0 Å². The van der Waals surface area contributed by atoms with Crippen LogP contribution in [0, 0.1) is 46.3 Å². The number of ether oxygens (including phenoxy) is 2. The molecule has 0 aliphatic heterocycles. The molecule has 0 heterocycles. The number of esters is 2. The second-order valence-electron chi connectivity index (χ2n) is 13.5. The van der Waals surface area contributed by atoms with Gasteiger partial charge in [0.2, 0.25) is 0 Å². The smallest absolute Gasteiger partial charge is 0.303 e. The van der Waals surface area contributed by atoms with Gasteiger partial charge in [-0.1, -0.05) is 53.9 Å².